The van der Waals surface area contributed by atoms with Crippen molar-refractivity contribution in [2.75, 3.05) is 0 Å². The Morgan fingerprint density at radius 1 is 1.15 bits per heavy atom. The van der Waals surface area contributed by atoms with E-state index < -0.39 is 22.2 Å². The fourth-order valence-electron chi connectivity index (χ4n) is 1.95. The van der Waals surface area contributed by atoms with E-state index in [1.54, 1.807) is 48.5 Å². The summed E-state index contributed by atoms with van der Waals surface area (Å²) >= 11 is 9.09. The van der Waals surface area contributed by atoms with E-state index in [0.29, 0.717) is 20.8 Å². The molecule has 0 saturated carbocycles. The van der Waals surface area contributed by atoms with E-state index in [4.69, 9.17) is 21.5 Å². The highest BCUT2D eigenvalue weighted by atomic mass is 79.9. The number of aliphatic carboxylic acids is 1. The van der Waals surface area contributed by atoms with Gasteiger partial charge in [0.05, 0.1) is 15.9 Å². The topological polar surface area (TPSA) is 89.3 Å². The van der Waals surface area contributed by atoms with Crippen molar-refractivity contribution < 1.29 is 31.5 Å². The lowest BCUT2D eigenvalue weighted by molar-refractivity contribution is -0.192. The molecule has 0 atom stereocenters. The molecule has 0 saturated heterocycles. The van der Waals surface area contributed by atoms with Crippen LogP contribution in [0.4, 0.5) is 13.2 Å². The van der Waals surface area contributed by atoms with Crippen LogP contribution in [0.1, 0.15) is 0 Å². The quantitative estimate of drug-likeness (QED) is 0.546. The Bertz CT molecular complexity index is 1090. The van der Waals surface area contributed by atoms with E-state index >= 15 is 0 Å². The minimum Gasteiger partial charge on any atom is -0.475 e. The van der Waals surface area contributed by atoms with Gasteiger partial charge < -0.3 is 5.11 Å². The first-order chi connectivity index (χ1) is 12.4. The first-order valence-electron chi connectivity index (χ1n) is 6.89. The van der Waals surface area contributed by atoms with Crippen LogP contribution >= 0.6 is 27.5 Å². The van der Waals surface area contributed by atoms with Crippen LogP contribution in [0.5, 0.6) is 0 Å². The average molecular weight is 486 g/mol. The number of aromatic nitrogens is 2. The molecule has 0 aliphatic rings. The van der Waals surface area contributed by atoms with E-state index in [9.17, 15) is 21.6 Å². The Kier molecular flexibility index (Phi) is 6.17. The molecule has 0 amide bonds. The van der Waals surface area contributed by atoms with Crippen LogP contribution in [0.25, 0.3) is 11.0 Å². The van der Waals surface area contributed by atoms with Crippen LogP contribution < -0.4 is 0 Å². The van der Waals surface area contributed by atoms with Crippen LogP contribution in [0.15, 0.2) is 58.0 Å². The first kappa shape index (κ1) is 21.2. The normalized spacial score (nSPS) is 11.7. The molecular weight excluding hydrogens is 477 g/mol. The third kappa shape index (κ3) is 4.79. The Hall–Kier alpha value is -2.11. The fraction of sp³-hybridized carbons (Fsp3) is 0.0667. The number of carboxylic acids is 1. The van der Waals surface area contributed by atoms with Crippen molar-refractivity contribution in [2.45, 2.75) is 11.1 Å². The number of carbonyl (C=O) groups is 1. The average Bonchev–Trinajstić information content (AvgIpc) is 2.90. The van der Waals surface area contributed by atoms with Crippen LogP contribution in [0, 0.1) is 0 Å². The summed E-state index contributed by atoms with van der Waals surface area (Å²) in [4.78, 5) is 13.2. The standard InChI is InChI=1S/C13H8BrClN2O2S.C2HF3O2/c14-12-8-10-11(6-7-13(15)16-10)17(12)20(18,19)9-4-2-1-3-5-9;3-2(4,5)1(6)7/h1-8H;(H,6,7). The van der Waals surface area contributed by atoms with E-state index in [1.807, 2.05) is 0 Å². The zero-order valence-electron chi connectivity index (χ0n) is 13.0. The molecule has 12 heteroatoms. The largest absolute Gasteiger partial charge is 0.490 e. The SMILES string of the molecule is O=C(O)C(F)(F)F.O=S(=O)(c1ccccc1)n1c(Br)cc2nc(Cl)ccc21. The summed E-state index contributed by atoms with van der Waals surface area (Å²) in [5.74, 6) is -2.76. The number of alkyl halides is 3. The molecule has 2 aromatic heterocycles. The number of fused-ring (bicyclic) bond motifs is 1. The van der Waals surface area contributed by atoms with Gasteiger partial charge in [0.15, 0.2) is 0 Å². The highest BCUT2D eigenvalue weighted by Gasteiger charge is 2.38. The molecular formula is C15H9BrClF3N2O4S. The molecule has 1 aromatic carbocycles. The van der Waals surface area contributed by atoms with Gasteiger partial charge >= 0.3 is 12.1 Å². The molecule has 6 nitrogen and oxygen atoms in total. The summed E-state index contributed by atoms with van der Waals surface area (Å²) in [6, 6.07) is 13.1. The highest BCUT2D eigenvalue weighted by Crippen LogP contribution is 2.28. The highest BCUT2D eigenvalue weighted by molar-refractivity contribution is 9.10. The predicted molar refractivity (Wildman–Crippen MR) is 95.2 cm³/mol. The van der Waals surface area contributed by atoms with E-state index in [0.717, 1.165) is 0 Å². The van der Waals surface area contributed by atoms with Gasteiger partial charge in [0, 0.05) is 0 Å². The summed E-state index contributed by atoms with van der Waals surface area (Å²) in [5, 5.41) is 7.44. The smallest absolute Gasteiger partial charge is 0.475 e. The summed E-state index contributed by atoms with van der Waals surface area (Å²) in [7, 11) is -3.68. The molecule has 0 bridgehead atoms. The molecule has 2 heterocycles. The maximum Gasteiger partial charge on any atom is 0.490 e. The fourth-order valence-corrected chi connectivity index (χ4v) is 4.49. The van der Waals surface area contributed by atoms with Gasteiger partial charge in [-0.2, -0.15) is 13.2 Å². The number of hydrogen-bond donors (Lipinski definition) is 1. The second kappa shape index (κ2) is 7.87. The molecule has 0 unspecified atom stereocenters. The molecule has 144 valence electrons. The van der Waals surface area contributed by atoms with E-state index in [-0.39, 0.29) is 4.90 Å². The maximum absolute atomic E-state index is 12.7. The van der Waals surface area contributed by atoms with Gasteiger partial charge in [-0.05, 0) is 46.3 Å². The second-order valence-corrected chi connectivity index (χ2v) is 7.88. The molecule has 0 aliphatic heterocycles. The lowest BCUT2D eigenvalue weighted by atomic mass is 10.4. The number of halogens is 5. The maximum atomic E-state index is 12.7. The monoisotopic (exact) mass is 484 g/mol. The number of rotatable bonds is 2. The Morgan fingerprint density at radius 3 is 2.22 bits per heavy atom. The molecule has 3 rings (SSSR count). The van der Waals surface area contributed by atoms with Crippen molar-refractivity contribution in [1.82, 2.24) is 8.96 Å². The third-order valence-corrected chi connectivity index (χ3v) is 5.83. The summed E-state index contributed by atoms with van der Waals surface area (Å²) in [6.07, 6.45) is -5.08. The third-order valence-electron chi connectivity index (χ3n) is 3.06. The van der Waals surface area contributed by atoms with E-state index in [2.05, 4.69) is 20.9 Å². The zero-order valence-corrected chi connectivity index (χ0v) is 16.1. The number of pyridine rings is 1. The Balaban J connectivity index is 0.000000321. The predicted octanol–water partition coefficient (Wildman–Crippen LogP) is 4.32. The van der Waals surface area contributed by atoms with Gasteiger partial charge in [-0.3, -0.25) is 0 Å². The van der Waals surface area contributed by atoms with Crippen molar-refractivity contribution in [2.24, 2.45) is 0 Å². The van der Waals surface area contributed by atoms with Crippen molar-refractivity contribution >= 4 is 54.6 Å². The first-order valence-corrected chi connectivity index (χ1v) is 9.50. The minimum absolute atomic E-state index is 0.216. The molecule has 0 radical (unpaired) electrons. The lowest BCUT2D eigenvalue weighted by Crippen LogP contribution is -2.21. The lowest BCUT2D eigenvalue weighted by Gasteiger charge is -2.08. The number of nitrogens with zero attached hydrogens (tertiary/aromatic N) is 2. The van der Waals surface area contributed by atoms with E-state index in [1.165, 1.54) is 3.97 Å². The second-order valence-electron chi connectivity index (χ2n) is 4.89. The number of carboxylic acid groups (broad SMARTS) is 1. The van der Waals surface area contributed by atoms with Crippen molar-refractivity contribution in [3.05, 3.63) is 58.3 Å². The Labute approximate surface area is 164 Å². The van der Waals surface area contributed by atoms with Crippen LogP contribution in [0.3, 0.4) is 0 Å². The zero-order chi connectivity index (χ0) is 20.4. The molecule has 0 spiro atoms. The number of benzene rings is 1. The molecule has 27 heavy (non-hydrogen) atoms. The van der Waals surface area contributed by atoms with Gasteiger partial charge in [-0.25, -0.2) is 22.2 Å². The van der Waals surface area contributed by atoms with Crippen LogP contribution in [-0.4, -0.2) is 34.6 Å². The van der Waals surface area contributed by atoms with Crippen LogP contribution in [-0.2, 0) is 14.8 Å². The van der Waals surface area contributed by atoms with Crippen molar-refractivity contribution in [3.63, 3.8) is 0 Å². The van der Waals surface area contributed by atoms with Gasteiger partial charge in [0.1, 0.15) is 9.76 Å². The van der Waals surface area contributed by atoms with Gasteiger partial charge in [-0.1, -0.05) is 29.8 Å². The van der Waals surface area contributed by atoms with Gasteiger partial charge in [0.25, 0.3) is 10.0 Å². The Morgan fingerprint density at radius 2 is 1.70 bits per heavy atom. The van der Waals surface area contributed by atoms with Gasteiger partial charge in [-0.15, -0.1) is 0 Å². The van der Waals surface area contributed by atoms with Crippen molar-refractivity contribution in [1.29, 1.82) is 0 Å². The summed E-state index contributed by atoms with van der Waals surface area (Å²) in [6.45, 7) is 0. The summed E-state index contributed by atoms with van der Waals surface area (Å²) < 4.78 is 58.7. The summed E-state index contributed by atoms with van der Waals surface area (Å²) in [5.41, 5.74) is 0.994. The van der Waals surface area contributed by atoms with Gasteiger partial charge in [0.2, 0.25) is 0 Å². The van der Waals surface area contributed by atoms with Crippen molar-refractivity contribution in [3.8, 4) is 0 Å². The van der Waals surface area contributed by atoms with Crippen LogP contribution in [0.2, 0.25) is 5.15 Å². The minimum atomic E-state index is -5.08. The molecule has 0 aliphatic carbocycles. The molecule has 1 N–H and O–H groups in total. The molecule has 0 fully saturated rings. The number of hydrogen-bond acceptors (Lipinski definition) is 4. The molecule has 3 aromatic rings.